The molecule has 2 aromatic rings. The fraction of sp³-hybridized carbons (Fsp3) is 0.214. The van der Waals surface area contributed by atoms with Gasteiger partial charge in [-0.2, -0.15) is 0 Å². The first-order valence-corrected chi connectivity index (χ1v) is 5.98. The maximum absolute atomic E-state index is 12.3. The summed E-state index contributed by atoms with van der Waals surface area (Å²) in [5, 5.41) is 0. The second kappa shape index (κ2) is 5.56. The zero-order valence-corrected chi connectivity index (χ0v) is 11.5. The summed E-state index contributed by atoms with van der Waals surface area (Å²) in [5.41, 5.74) is 1.11. The molecule has 0 radical (unpaired) electrons. The Bertz CT molecular complexity index is 631. The predicted octanol–water partition coefficient (Wildman–Crippen LogP) is 1.48. The molecular formula is C14H15N3O3. The lowest BCUT2D eigenvalue weighted by Gasteiger charge is -2.17. The van der Waals surface area contributed by atoms with Crippen LogP contribution in [0.4, 0.5) is 5.69 Å². The zero-order chi connectivity index (χ0) is 14.7. The van der Waals surface area contributed by atoms with Crippen LogP contribution < -0.4 is 4.90 Å². The van der Waals surface area contributed by atoms with E-state index in [1.54, 1.807) is 55.3 Å². The van der Waals surface area contributed by atoms with Crippen molar-refractivity contribution in [3.05, 3.63) is 48.0 Å². The topological polar surface area (TPSA) is 64.4 Å². The van der Waals surface area contributed by atoms with Crippen LogP contribution in [0.1, 0.15) is 21.0 Å². The minimum Gasteiger partial charge on any atom is -0.465 e. The average Bonchev–Trinajstić information content (AvgIpc) is 2.91. The van der Waals surface area contributed by atoms with Gasteiger partial charge in [0.25, 0.3) is 5.91 Å². The molecule has 0 saturated heterocycles. The lowest BCUT2D eigenvalue weighted by Crippen LogP contribution is -2.28. The van der Waals surface area contributed by atoms with E-state index in [9.17, 15) is 9.59 Å². The monoisotopic (exact) mass is 273 g/mol. The average molecular weight is 273 g/mol. The molecule has 0 aliphatic heterocycles. The third-order valence-electron chi connectivity index (χ3n) is 2.99. The van der Waals surface area contributed by atoms with Crippen LogP contribution in [0.5, 0.6) is 0 Å². The number of carbonyl (C=O) groups excluding carboxylic acids is 2. The van der Waals surface area contributed by atoms with E-state index in [2.05, 4.69) is 9.72 Å². The molecule has 104 valence electrons. The smallest absolute Gasteiger partial charge is 0.337 e. The van der Waals surface area contributed by atoms with E-state index in [0.717, 1.165) is 0 Å². The number of benzene rings is 1. The summed E-state index contributed by atoms with van der Waals surface area (Å²) in [6, 6.07) is 6.60. The Morgan fingerprint density at radius 3 is 2.40 bits per heavy atom. The van der Waals surface area contributed by atoms with Gasteiger partial charge in [0, 0.05) is 32.2 Å². The van der Waals surface area contributed by atoms with Gasteiger partial charge in [-0.15, -0.1) is 0 Å². The van der Waals surface area contributed by atoms with Gasteiger partial charge in [-0.1, -0.05) is 0 Å². The third-order valence-corrected chi connectivity index (χ3v) is 2.99. The highest BCUT2D eigenvalue weighted by atomic mass is 16.5. The highest BCUT2D eigenvalue weighted by molar-refractivity contribution is 6.03. The number of hydrogen-bond acceptors (Lipinski definition) is 4. The van der Waals surface area contributed by atoms with Crippen LogP contribution in [0.2, 0.25) is 0 Å². The molecule has 20 heavy (non-hydrogen) atoms. The van der Waals surface area contributed by atoms with Gasteiger partial charge >= 0.3 is 5.97 Å². The van der Waals surface area contributed by atoms with Gasteiger partial charge in [0.15, 0.2) is 5.82 Å². The van der Waals surface area contributed by atoms with Gasteiger partial charge in [0.05, 0.1) is 12.7 Å². The number of hydrogen-bond donors (Lipinski definition) is 0. The standard InChI is InChI=1S/C14H15N3O3/c1-16-9-8-15-12(16)13(18)17(2)11-6-4-10(5-7-11)14(19)20-3/h4-9H,1-3H3. The van der Waals surface area contributed by atoms with E-state index < -0.39 is 5.97 Å². The second-order valence-electron chi connectivity index (χ2n) is 4.26. The Labute approximate surface area is 116 Å². The van der Waals surface area contributed by atoms with Crippen LogP contribution in [-0.2, 0) is 11.8 Å². The molecule has 0 aliphatic carbocycles. The number of anilines is 1. The summed E-state index contributed by atoms with van der Waals surface area (Å²) in [6.45, 7) is 0. The first-order valence-electron chi connectivity index (χ1n) is 5.98. The lowest BCUT2D eigenvalue weighted by atomic mass is 10.2. The van der Waals surface area contributed by atoms with Crippen LogP contribution >= 0.6 is 0 Å². The number of imidazole rings is 1. The van der Waals surface area contributed by atoms with Crippen molar-refractivity contribution < 1.29 is 14.3 Å². The van der Waals surface area contributed by atoms with Crippen molar-refractivity contribution in [3.8, 4) is 0 Å². The van der Waals surface area contributed by atoms with E-state index in [1.807, 2.05) is 0 Å². The molecule has 0 spiro atoms. The van der Waals surface area contributed by atoms with Gasteiger partial charge in [0.2, 0.25) is 0 Å². The first kappa shape index (κ1) is 13.8. The Balaban J connectivity index is 2.21. The number of aryl methyl sites for hydroxylation is 1. The fourth-order valence-electron chi connectivity index (χ4n) is 1.78. The van der Waals surface area contributed by atoms with Gasteiger partial charge in [-0.3, -0.25) is 4.79 Å². The maximum atomic E-state index is 12.3. The fourth-order valence-corrected chi connectivity index (χ4v) is 1.78. The SMILES string of the molecule is COC(=O)c1ccc(N(C)C(=O)c2nccn2C)cc1. The van der Waals surface area contributed by atoms with E-state index >= 15 is 0 Å². The molecule has 0 saturated carbocycles. The molecule has 6 heteroatoms. The van der Waals surface area contributed by atoms with E-state index in [-0.39, 0.29) is 5.91 Å². The number of ether oxygens (including phenoxy) is 1. The number of aromatic nitrogens is 2. The highest BCUT2D eigenvalue weighted by Crippen LogP contribution is 2.16. The van der Waals surface area contributed by atoms with Crippen LogP contribution in [0.25, 0.3) is 0 Å². The molecule has 6 nitrogen and oxygen atoms in total. The summed E-state index contributed by atoms with van der Waals surface area (Å²) in [5.74, 6) is -0.275. The summed E-state index contributed by atoms with van der Waals surface area (Å²) in [6.07, 6.45) is 3.28. The molecular weight excluding hydrogens is 258 g/mol. The van der Waals surface area contributed by atoms with Gasteiger partial charge in [-0.05, 0) is 24.3 Å². The Morgan fingerprint density at radius 2 is 1.90 bits per heavy atom. The molecule has 0 fully saturated rings. The van der Waals surface area contributed by atoms with Crippen molar-refractivity contribution in [2.24, 2.45) is 7.05 Å². The van der Waals surface area contributed by atoms with Crippen molar-refractivity contribution in [2.75, 3.05) is 19.1 Å². The number of rotatable bonds is 3. The first-order chi connectivity index (χ1) is 9.54. The minimum atomic E-state index is -0.408. The van der Waals surface area contributed by atoms with Gasteiger partial charge < -0.3 is 14.2 Å². The summed E-state index contributed by atoms with van der Waals surface area (Å²) in [7, 11) is 4.74. The summed E-state index contributed by atoms with van der Waals surface area (Å²) < 4.78 is 6.28. The van der Waals surface area contributed by atoms with Crippen LogP contribution in [0.15, 0.2) is 36.7 Å². The molecule has 0 N–H and O–H groups in total. The molecule has 1 aromatic carbocycles. The number of nitrogens with zero attached hydrogens (tertiary/aromatic N) is 3. The predicted molar refractivity (Wildman–Crippen MR) is 73.7 cm³/mol. The summed E-state index contributed by atoms with van der Waals surface area (Å²) >= 11 is 0. The van der Waals surface area contributed by atoms with Gasteiger partial charge in [-0.25, -0.2) is 9.78 Å². The molecule has 1 aromatic heterocycles. The van der Waals surface area contributed by atoms with Crippen LogP contribution in [0.3, 0.4) is 0 Å². The largest absolute Gasteiger partial charge is 0.465 e. The van der Waals surface area contributed by atoms with E-state index in [0.29, 0.717) is 17.1 Å². The minimum absolute atomic E-state index is 0.219. The van der Waals surface area contributed by atoms with E-state index in [1.165, 1.54) is 12.0 Å². The Morgan fingerprint density at radius 1 is 1.25 bits per heavy atom. The normalized spacial score (nSPS) is 10.2. The van der Waals surface area contributed by atoms with E-state index in [4.69, 9.17) is 0 Å². The van der Waals surface area contributed by atoms with Crippen LogP contribution in [-0.4, -0.2) is 35.6 Å². The van der Waals surface area contributed by atoms with Crippen molar-refractivity contribution in [1.82, 2.24) is 9.55 Å². The molecule has 0 aliphatic rings. The Hall–Kier alpha value is -2.63. The second-order valence-corrected chi connectivity index (χ2v) is 4.26. The van der Waals surface area contributed by atoms with Crippen molar-refractivity contribution in [2.45, 2.75) is 0 Å². The van der Waals surface area contributed by atoms with Crippen molar-refractivity contribution in [1.29, 1.82) is 0 Å². The van der Waals surface area contributed by atoms with Crippen molar-refractivity contribution in [3.63, 3.8) is 0 Å². The number of esters is 1. The van der Waals surface area contributed by atoms with Gasteiger partial charge in [0.1, 0.15) is 0 Å². The summed E-state index contributed by atoms with van der Waals surface area (Å²) in [4.78, 5) is 29.1. The maximum Gasteiger partial charge on any atom is 0.337 e. The molecule has 2 rings (SSSR count). The highest BCUT2D eigenvalue weighted by Gasteiger charge is 2.17. The molecule has 0 unspecified atom stereocenters. The molecule has 1 amide bonds. The molecule has 0 atom stereocenters. The zero-order valence-electron chi connectivity index (χ0n) is 11.5. The number of methoxy groups -OCH3 is 1. The van der Waals surface area contributed by atoms with Crippen molar-refractivity contribution >= 4 is 17.6 Å². The third kappa shape index (κ3) is 2.54. The number of amides is 1. The number of carbonyl (C=O) groups is 2. The molecule has 0 bridgehead atoms. The quantitative estimate of drug-likeness (QED) is 0.795. The Kier molecular flexibility index (Phi) is 3.84. The molecule has 1 heterocycles. The van der Waals surface area contributed by atoms with Crippen LogP contribution in [0, 0.1) is 0 Å². The lowest BCUT2D eigenvalue weighted by molar-refractivity contribution is 0.0600.